The van der Waals surface area contributed by atoms with Gasteiger partial charge in [0.2, 0.25) is 0 Å². The van der Waals surface area contributed by atoms with Crippen molar-refractivity contribution >= 4 is 114 Å². The summed E-state index contributed by atoms with van der Waals surface area (Å²) < 4.78 is 0. The summed E-state index contributed by atoms with van der Waals surface area (Å²) in [4.78, 5) is 11.2. The van der Waals surface area contributed by atoms with Crippen LogP contribution in [-0.2, 0) is 48.7 Å². The summed E-state index contributed by atoms with van der Waals surface area (Å²) in [7, 11) is 0. The topological polar surface area (TPSA) is 13.0 Å². The summed E-state index contributed by atoms with van der Waals surface area (Å²) in [6.07, 6.45) is 0. The van der Waals surface area contributed by atoms with Crippen molar-refractivity contribution in [2.24, 2.45) is 0 Å². The largest absolute Gasteiger partial charge is 0.311 e. The minimum absolute atomic E-state index is 0.213. The van der Waals surface area contributed by atoms with E-state index < -0.39 is 21.7 Å². The Labute approximate surface area is 882 Å². The molecule has 0 atom stereocenters. The van der Waals surface area contributed by atoms with Crippen LogP contribution in [-0.4, -0.2) is 13.4 Å². The van der Waals surface area contributed by atoms with E-state index in [9.17, 15) is 0 Å². The highest BCUT2D eigenvalue weighted by Crippen LogP contribution is 2.68. The van der Waals surface area contributed by atoms with E-state index in [1.165, 1.54) is 183 Å². The van der Waals surface area contributed by atoms with Gasteiger partial charge in [-0.3, -0.25) is 0 Å². The Morgan fingerprint density at radius 1 is 0.201 bits per heavy atom. The van der Waals surface area contributed by atoms with Crippen molar-refractivity contribution in [3.05, 3.63) is 489 Å². The maximum Gasteiger partial charge on any atom is 0.252 e. The highest BCUT2D eigenvalue weighted by molar-refractivity contribution is 7.03. The summed E-state index contributed by atoms with van der Waals surface area (Å²) in [6.45, 7) is 48.1. The lowest BCUT2D eigenvalue weighted by molar-refractivity contribution is 0.547. The number of para-hydroxylation sites is 2. The van der Waals surface area contributed by atoms with Crippen LogP contribution in [0, 0.1) is 0 Å². The average molecular weight is 1920 g/mol. The van der Waals surface area contributed by atoms with Crippen molar-refractivity contribution in [3.63, 3.8) is 0 Å². The third kappa shape index (κ3) is 13.4. The number of rotatable bonds is 8. The molecule has 19 aromatic rings. The van der Waals surface area contributed by atoms with Crippen LogP contribution in [0.5, 0.6) is 0 Å². The van der Waals surface area contributed by atoms with Gasteiger partial charge in [-0.2, -0.15) is 0 Å². The minimum Gasteiger partial charge on any atom is -0.311 e. The highest BCUT2D eigenvalue weighted by atomic mass is 15.2. The summed E-state index contributed by atoms with van der Waals surface area (Å²) in [5, 5.41) is 0. The molecule has 8 aliphatic rings. The molecule has 6 heteroatoms. The van der Waals surface area contributed by atoms with E-state index in [-0.39, 0.29) is 40.5 Å². The third-order valence-electron chi connectivity index (χ3n) is 34.9. The van der Waals surface area contributed by atoms with Crippen molar-refractivity contribution in [1.29, 1.82) is 0 Å². The number of fused-ring (bicyclic) bond motifs is 27. The Bertz CT molecular complexity index is 8710. The molecule has 149 heavy (non-hydrogen) atoms. The van der Waals surface area contributed by atoms with Crippen LogP contribution in [0.25, 0.3) is 77.9 Å². The first-order chi connectivity index (χ1) is 71.5. The molecule has 0 fully saturated rings. The molecule has 0 radical (unpaired) electrons. The second-order valence-corrected chi connectivity index (χ2v) is 50.3. The molecular formula is C143H126B2N4. The SMILES string of the molecule is CC(C)(C)c1cc(N2c3ccccc3B3c4cc5c6cc4N(c4cc(C(C)(C)C)cc(c4)C(C)(C)c4c(C(C)(C)C)cc(-c7ccccc7)c(c4-c4ccccc4)N6c4cc(-c6cccc7c6C(c6ccccc6)(c6ccccc6)c6ccccc6-7)cc6c4B5c4ccccc4N6c4cc(C(C)(C)C)cc(C(C)(C)C)c4)c4cc(-c5cccc6c5C5(c7ccccc7-c7ccccc75)c5ccccc5-6)cc2c43)cc(C(C)(C)C)c1. The van der Waals surface area contributed by atoms with Crippen molar-refractivity contribution < 1.29 is 0 Å². The van der Waals surface area contributed by atoms with Gasteiger partial charge in [-0.1, -0.05) is 454 Å². The van der Waals surface area contributed by atoms with Gasteiger partial charge in [-0.25, -0.2) is 0 Å². The first-order valence-corrected chi connectivity index (χ1v) is 54.0. The molecule has 4 nitrogen and oxygen atoms in total. The fraction of sp³-hybridized carbons (Fsp3) is 0.203. The second kappa shape index (κ2) is 32.3. The Balaban J connectivity index is 0.857. The van der Waals surface area contributed by atoms with E-state index in [2.05, 4.69) is 558 Å². The minimum atomic E-state index is -0.776. The molecule has 27 rings (SSSR count). The summed E-state index contributed by atoms with van der Waals surface area (Å²) in [5.74, 6) is 0. The van der Waals surface area contributed by atoms with Gasteiger partial charge in [-0.05, 0) is 306 Å². The normalized spacial score (nSPS) is 15.1. The van der Waals surface area contributed by atoms with Crippen LogP contribution in [0.4, 0.5) is 68.2 Å². The third-order valence-corrected chi connectivity index (χ3v) is 34.9. The molecule has 5 heterocycles. The van der Waals surface area contributed by atoms with Gasteiger partial charge in [0, 0.05) is 79.1 Å². The van der Waals surface area contributed by atoms with E-state index in [0.717, 1.165) is 84.7 Å². The van der Waals surface area contributed by atoms with E-state index in [1.807, 2.05) is 0 Å². The Morgan fingerprint density at radius 3 is 0.940 bits per heavy atom. The smallest absolute Gasteiger partial charge is 0.252 e. The van der Waals surface area contributed by atoms with Gasteiger partial charge >= 0.3 is 0 Å². The van der Waals surface area contributed by atoms with Crippen molar-refractivity contribution in [2.75, 3.05) is 19.6 Å². The Morgan fingerprint density at radius 2 is 0.523 bits per heavy atom. The monoisotopic (exact) mass is 1920 g/mol. The van der Waals surface area contributed by atoms with Gasteiger partial charge < -0.3 is 19.6 Å². The van der Waals surface area contributed by atoms with Gasteiger partial charge in [0.15, 0.2) is 0 Å². The quantitative estimate of drug-likeness (QED) is 0.141. The number of anilines is 12. The van der Waals surface area contributed by atoms with Crippen LogP contribution in [0.3, 0.4) is 0 Å². The molecule has 0 aromatic heterocycles. The molecule has 0 saturated heterocycles. The van der Waals surface area contributed by atoms with Gasteiger partial charge in [0.05, 0.1) is 16.5 Å². The van der Waals surface area contributed by atoms with E-state index >= 15 is 0 Å². The molecule has 5 aliphatic heterocycles. The molecule has 3 aliphatic carbocycles. The van der Waals surface area contributed by atoms with Crippen LogP contribution in [0.15, 0.2) is 400 Å². The maximum absolute atomic E-state index is 2.91. The molecule has 724 valence electrons. The van der Waals surface area contributed by atoms with E-state index in [0.29, 0.717) is 0 Å². The fourth-order valence-electron chi connectivity index (χ4n) is 27.7. The molecule has 0 amide bonds. The van der Waals surface area contributed by atoms with Crippen molar-refractivity contribution in [2.45, 2.75) is 187 Å². The second-order valence-electron chi connectivity index (χ2n) is 50.3. The van der Waals surface area contributed by atoms with E-state index in [4.69, 9.17) is 0 Å². The van der Waals surface area contributed by atoms with Gasteiger partial charge in [0.25, 0.3) is 13.4 Å². The lowest BCUT2D eigenvalue weighted by Gasteiger charge is -2.49. The fourth-order valence-corrected chi connectivity index (χ4v) is 27.7. The molecular weight excluding hydrogens is 1800 g/mol. The lowest BCUT2D eigenvalue weighted by Crippen LogP contribution is -2.65. The van der Waals surface area contributed by atoms with Crippen molar-refractivity contribution in [1.82, 2.24) is 0 Å². The van der Waals surface area contributed by atoms with Gasteiger partial charge in [0.1, 0.15) is 0 Å². The summed E-state index contributed by atoms with van der Waals surface area (Å²) in [6, 6.07) is 160. The zero-order valence-corrected chi connectivity index (χ0v) is 89.5. The van der Waals surface area contributed by atoms with Crippen LogP contribution < -0.4 is 52.4 Å². The Hall–Kier alpha value is -15.5. The molecule has 1 spiro atoms. The average Bonchev–Trinajstić information content (AvgIpc) is 1.39. The van der Waals surface area contributed by atoms with Crippen LogP contribution in [0.2, 0.25) is 0 Å². The first-order valence-electron chi connectivity index (χ1n) is 54.0. The zero-order chi connectivity index (χ0) is 102. The number of benzene rings is 19. The molecule has 0 saturated carbocycles. The van der Waals surface area contributed by atoms with Crippen LogP contribution >= 0.6 is 0 Å². The Kier molecular flexibility index (Phi) is 20.0. The summed E-state index contributed by atoms with van der Waals surface area (Å²) >= 11 is 0. The molecule has 0 unspecified atom stereocenters. The maximum atomic E-state index is 2.91. The highest BCUT2D eigenvalue weighted by Gasteiger charge is 2.57. The standard InChI is InChI=1S/C143H126B2N4/c1-135(2,3)93-75-94(136(4,5)6)79-99(78-93)146-120-69-43-41-67-116(120)144-118-85-119-123-86-122(118)148(126-73-89(71-124(146)132(126)144)103-60-46-62-109-107-58-36-40-66-114(107)143(130(103)109)112-64-38-33-55-104(112)105-56-34-39-65-113(105)143)101-82-97(139(13,14)15)77-98(83-101)141(19,20)131-115(140(16,17)18)84-110(87-47-25-21-26-48-87)134(128(131)88-49-27-22-28-50-88)149(123)127-74-90(72-125-133(127)145(119)117-68-42-44-70-121(117)147(125)100-80-95(137(7,8)9)76-96(81-100)138(10,11)12)102-59-45-61-108-106-57-35-37-63-111(106)142(129(102)108,91-51-29-23-30-52-91)92-53-31-24-32-54-92/h21-86H,1-20H3. The van der Waals surface area contributed by atoms with Gasteiger partial charge in [-0.15, -0.1) is 0 Å². The predicted molar refractivity (Wildman–Crippen MR) is 634 cm³/mol. The lowest BCUT2D eigenvalue weighted by atomic mass is 9.30. The molecule has 0 N–H and O–H groups in total. The van der Waals surface area contributed by atoms with Crippen LogP contribution in [0.1, 0.15) is 227 Å². The van der Waals surface area contributed by atoms with Crippen molar-refractivity contribution in [3.8, 4) is 77.9 Å². The molecule has 19 aromatic carbocycles. The number of nitrogens with zero attached hydrogens (tertiary/aromatic N) is 4. The number of hydrogen-bond donors (Lipinski definition) is 0. The number of hydrogen-bond acceptors (Lipinski definition) is 4. The van der Waals surface area contributed by atoms with E-state index in [1.54, 1.807) is 0 Å². The zero-order valence-electron chi connectivity index (χ0n) is 89.5. The first kappa shape index (κ1) is 92.1. The summed E-state index contributed by atoms with van der Waals surface area (Å²) in [5.41, 5.74) is 54.8. The molecule has 6 bridgehead atoms. The predicted octanol–water partition coefficient (Wildman–Crippen LogP) is 33.7.